The molecule has 0 fully saturated rings. The van der Waals surface area contributed by atoms with E-state index in [9.17, 15) is 0 Å². The van der Waals surface area contributed by atoms with Gasteiger partial charge in [0.05, 0.1) is 0 Å². The fraction of sp³-hybridized carbons (Fsp3) is 0.0308. The second-order valence-corrected chi connectivity index (χ2v) is 18.5. The largest absolute Gasteiger partial charge is 0.485 e. The van der Waals surface area contributed by atoms with Gasteiger partial charge in [0.25, 0.3) is 0 Å². The summed E-state index contributed by atoms with van der Waals surface area (Å²) in [6.07, 6.45) is 8.41. The van der Waals surface area contributed by atoms with Gasteiger partial charge in [0.15, 0.2) is 17.5 Å². The van der Waals surface area contributed by atoms with Crippen LogP contribution in [0.3, 0.4) is 0 Å². The summed E-state index contributed by atoms with van der Waals surface area (Å²) < 4.78 is 20.0. The maximum atomic E-state index is 6.92. The number of nitrogens with zero attached hydrogens (tertiary/aromatic N) is 3. The highest BCUT2D eigenvalue weighted by atomic mass is 16.5. The Bertz CT molecular complexity index is 4420. The Morgan fingerprint density at radius 2 is 0.958 bits per heavy atom. The van der Waals surface area contributed by atoms with Crippen molar-refractivity contribution in [2.75, 3.05) is 0 Å². The molecule has 0 saturated heterocycles. The molecule has 15 rings (SSSR count). The lowest BCUT2D eigenvalue weighted by atomic mass is 9.88. The minimum Gasteiger partial charge on any atom is -0.485 e. The number of rotatable bonds is 6. The molecule has 1 aliphatic heterocycles. The number of hydrogen-bond acceptors (Lipinski definition) is 6. The van der Waals surface area contributed by atoms with Gasteiger partial charge < -0.3 is 13.6 Å². The maximum absolute atomic E-state index is 6.92. The molecular weight excluding hydrogens is 871 g/mol. The van der Waals surface area contributed by atoms with Gasteiger partial charge in [0, 0.05) is 60.8 Å². The summed E-state index contributed by atoms with van der Waals surface area (Å²) in [6, 6.07) is 70.2. The predicted octanol–water partition coefficient (Wildman–Crippen LogP) is 16.9. The van der Waals surface area contributed by atoms with Gasteiger partial charge in [-0.25, -0.2) is 15.0 Å². The van der Waals surface area contributed by atoms with Crippen LogP contribution in [0.2, 0.25) is 0 Å². The molecule has 0 amide bonds. The van der Waals surface area contributed by atoms with Crippen molar-refractivity contribution in [2.45, 2.75) is 12.0 Å². The molecule has 6 nitrogen and oxygen atoms in total. The maximum Gasteiger partial charge on any atom is 0.164 e. The number of hydrogen-bond donors (Lipinski definition) is 0. The third-order valence-electron chi connectivity index (χ3n) is 14.5. The molecule has 4 heterocycles. The van der Waals surface area contributed by atoms with Crippen molar-refractivity contribution in [1.82, 2.24) is 15.0 Å². The zero-order chi connectivity index (χ0) is 46.6. The zero-order valence-electron chi connectivity index (χ0n) is 38.1. The minimum absolute atomic E-state index is 0.0378. The Labute approximate surface area is 407 Å². The summed E-state index contributed by atoms with van der Waals surface area (Å²) in [4.78, 5) is 16.1. The molecular formula is C65H39N3O3. The first kappa shape index (κ1) is 39.6. The van der Waals surface area contributed by atoms with E-state index in [1.54, 1.807) is 0 Å². The van der Waals surface area contributed by atoms with Crippen molar-refractivity contribution in [3.63, 3.8) is 0 Å². The first-order valence-corrected chi connectivity index (χ1v) is 24.1. The summed E-state index contributed by atoms with van der Waals surface area (Å²) in [6.45, 7) is 0. The Morgan fingerprint density at radius 1 is 0.352 bits per heavy atom. The summed E-state index contributed by atoms with van der Waals surface area (Å²) in [7, 11) is 0. The van der Waals surface area contributed by atoms with Crippen molar-refractivity contribution in [1.29, 1.82) is 0 Å². The molecule has 0 saturated carbocycles. The van der Waals surface area contributed by atoms with Crippen LogP contribution >= 0.6 is 0 Å². The molecule has 71 heavy (non-hydrogen) atoms. The van der Waals surface area contributed by atoms with Gasteiger partial charge in [-0.1, -0.05) is 176 Å². The van der Waals surface area contributed by atoms with E-state index in [1.807, 2.05) is 24.3 Å². The lowest BCUT2D eigenvalue weighted by molar-refractivity contribution is 0.269. The number of benzene rings is 10. The highest BCUT2D eigenvalue weighted by molar-refractivity contribution is 6.19. The van der Waals surface area contributed by atoms with Gasteiger partial charge in [-0.05, 0) is 92.3 Å². The molecule has 2 atom stereocenters. The van der Waals surface area contributed by atoms with Crippen molar-refractivity contribution in [3.05, 3.63) is 230 Å². The van der Waals surface area contributed by atoms with E-state index < -0.39 is 0 Å². The van der Waals surface area contributed by atoms with E-state index in [1.165, 1.54) is 10.8 Å². The monoisotopic (exact) mass is 909 g/mol. The van der Waals surface area contributed by atoms with Gasteiger partial charge in [-0.2, -0.15) is 0 Å². The molecule has 1 aliphatic carbocycles. The molecule has 332 valence electrons. The van der Waals surface area contributed by atoms with Crippen LogP contribution in [0.25, 0.3) is 133 Å². The molecule has 0 radical (unpaired) electrons. The quantitative estimate of drug-likeness (QED) is 0.165. The van der Waals surface area contributed by atoms with E-state index in [0.29, 0.717) is 17.5 Å². The highest BCUT2D eigenvalue weighted by Gasteiger charge is 2.35. The Kier molecular flexibility index (Phi) is 8.68. The third kappa shape index (κ3) is 6.31. The Morgan fingerprint density at radius 3 is 1.86 bits per heavy atom. The fourth-order valence-electron chi connectivity index (χ4n) is 11.2. The van der Waals surface area contributed by atoms with Crippen LogP contribution in [0.4, 0.5) is 0 Å². The van der Waals surface area contributed by atoms with Crippen LogP contribution < -0.4 is 4.74 Å². The van der Waals surface area contributed by atoms with E-state index in [0.717, 1.165) is 116 Å². The lowest BCUT2D eigenvalue weighted by Gasteiger charge is -2.16. The van der Waals surface area contributed by atoms with Crippen LogP contribution in [-0.2, 0) is 0 Å². The second-order valence-electron chi connectivity index (χ2n) is 18.5. The molecule has 10 aromatic carbocycles. The topological polar surface area (TPSA) is 74.2 Å². The predicted molar refractivity (Wildman–Crippen MR) is 287 cm³/mol. The molecule has 2 unspecified atom stereocenters. The lowest BCUT2D eigenvalue weighted by Crippen LogP contribution is -2.16. The van der Waals surface area contributed by atoms with E-state index in [-0.39, 0.29) is 12.0 Å². The molecule has 0 spiro atoms. The van der Waals surface area contributed by atoms with Crippen molar-refractivity contribution in [3.8, 4) is 73.3 Å². The van der Waals surface area contributed by atoms with Crippen molar-refractivity contribution >= 4 is 65.4 Å². The smallest absolute Gasteiger partial charge is 0.164 e. The number of para-hydroxylation sites is 3. The fourth-order valence-corrected chi connectivity index (χ4v) is 11.2. The van der Waals surface area contributed by atoms with Crippen molar-refractivity contribution in [2.24, 2.45) is 0 Å². The molecule has 6 heteroatoms. The molecule has 0 bridgehead atoms. The Balaban J connectivity index is 0.930. The molecule has 0 N–H and O–H groups in total. The van der Waals surface area contributed by atoms with Gasteiger partial charge >= 0.3 is 0 Å². The SMILES string of the molecule is C1=CC2Oc3cccc(-c4nc(-c5cccc(-c6ccc7ccccc7c6)c5)nc(-c5cc(-c6cccc7oc8c(-c9cccc%10c9oc9ccccc9%10)cccc8c67)c6ccccc6c5)n4)c3C2C=C1. The highest BCUT2D eigenvalue weighted by Crippen LogP contribution is 2.48. The second kappa shape index (κ2) is 15.6. The number of allylic oxidation sites excluding steroid dienone is 2. The first-order valence-electron chi connectivity index (χ1n) is 24.1. The number of furan rings is 2. The minimum atomic E-state index is -0.0876. The number of aromatic nitrogens is 3. The normalized spacial score (nSPS) is 15.0. The average Bonchev–Trinajstić information content (AvgIpc) is 4.14. The number of ether oxygens (including phenoxy) is 1. The first-order chi connectivity index (χ1) is 35.2. The van der Waals surface area contributed by atoms with Crippen molar-refractivity contribution < 1.29 is 13.6 Å². The summed E-state index contributed by atoms with van der Waals surface area (Å²) in [5.41, 5.74) is 13.4. The Hall–Kier alpha value is -9.39. The number of fused-ring (bicyclic) bond motifs is 11. The summed E-state index contributed by atoms with van der Waals surface area (Å²) >= 11 is 0. The van der Waals surface area contributed by atoms with Gasteiger partial charge in [-0.15, -0.1) is 0 Å². The molecule has 3 aromatic heterocycles. The van der Waals surface area contributed by atoms with Gasteiger partial charge in [-0.3, -0.25) is 0 Å². The van der Waals surface area contributed by atoms with E-state index in [2.05, 4.69) is 200 Å². The van der Waals surface area contributed by atoms with Gasteiger partial charge in [0.2, 0.25) is 0 Å². The van der Waals surface area contributed by atoms with E-state index in [4.69, 9.17) is 28.5 Å². The third-order valence-corrected chi connectivity index (χ3v) is 14.5. The van der Waals surface area contributed by atoms with Crippen LogP contribution in [-0.4, -0.2) is 21.1 Å². The molecule has 13 aromatic rings. The van der Waals surface area contributed by atoms with E-state index >= 15 is 0 Å². The average molecular weight is 910 g/mol. The summed E-state index contributed by atoms with van der Waals surface area (Å²) in [5.74, 6) is 2.64. The zero-order valence-corrected chi connectivity index (χ0v) is 38.1. The molecule has 2 aliphatic rings. The van der Waals surface area contributed by atoms with Crippen LogP contribution in [0, 0.1) is 0 Å². The summed E-state index contributed by atoms with van der Waals surface area (Å²) in [5, 5.41) is 8.81. The van der Waals surface area contributed by atoms with Gasteiger partial charge in [0.1, 0.15) is 34.2 Å². The van der Waals surface area contributed by atoms with Crippen LogP contribution in [0.15, 0.2) is 233 Å². The van der Waals surface area contributed by atoms with Crippen LogP contribution in [0.5, 0.6) is 5.75 Å². The van der Waals surface area contributed by atoms with Crippen LogP contribution in [0.1, 0.15) is 11.5 Å². The standard InChI is InChI=1S/C65H39N3O3/c1-2-15-39-34-41(33-32-38(39)14-1)40-17-9-18-43(35-40)63-66-64(68-65(67-63)53-27-13-30-57-60(53)51-21-6-8-29-56(51)69-57)44-36-42-16-3-4-19-45(42)54(37-44)47-22-12-31-58-59(47)52-26-11-25-50(62(52)71-58)49-24-10-23-48-46-20-5-7-28-55(46)70-61(48)49/h1-37,51,56H.